The molecule has 0 bridgehead atoms. The number of aromatic nitrogens is 1. The van der Waals surface area contributed by atoms with Crippen molar-refractivity contribution in [3.8, 4) is 0 Å². The molecule has 3 rings (SSSR count). The standard InChI is InChI=1S/C17H18N2O2S2/c1-13-8-10-14(11-9-13)23(20,21)18-12-4-7-17-19-15-5-2-3-6-16(15)22-17/h2-3,5-6,8-11,18H,4,7,12H2,1H3. The van der Waals surface area contributed by atoms with Crippen LogP contribution in [0.1, 0.15) is 17.0 Å². The van der Waals surface area contributed by atoms with Crippen LogP contribution < -0.4 is 4.72 Å². The Labute approximate surface area is 140 Å². The van der Waals surface area contributed by atoms with E-state index < -0.39 is 10.0 Å². The summed E-state index contributed by atoms with van der Waals surface area (Å²) in [6.07, 6.45) is 1.50. The third kappa shape index (κ3) is 3.96. The fourth-order valence-corrected chi connectivity index (χ4v) is 4.36. The Morgan fingerprint density at radius 1 is 1.09 bits per heavy atom. The lowest BCUT2D eigenvalue weighted by Crippen LogP contribution is -2.25. The van der Waals surface area contributed by atoms with Gasteiger partial charge in [-0.1, -0.05) is 29.8 Å². The van der Waals surface area contributed by atoms with Gasteiger partial charge in [-0.3, -0.25) is 0 Å². The Kier molecular flexibility index (Phi) is 4.75. The minimum Gasteiger partial charge on any atom is -0.241 e. The number of benzene rings is 2. The van der Waals surface area contributed by atoms with Crippen molar-refractivity contribution < 1.29 is 8.42 Å². The van der Waals surface area contributed by atoms with Gasteiger partial charge in [0.1, 0.15) is 0 Å². The van der Waals surface area contributed by atoms with Crippen LogP contribution in [0.4, 0.5) is 0 Å². The van der Waals surface area contributed by atoms with E-state index >= 15 is 0 Å². The molecular formula is C17H18N2O2S2. The van der Waals surface area contributed by atoms with Crippen LogP contribution in [-0.2, 0) is 16.4 Å². The van der Waals surface area contributed by atoms with Crippen LogP contribution >= 0.6 is 11.3 Å². The first-order chi connectivity index (χ1) is 11.0. The number of sulfonamides is 1. The third-order valence-corrected chi connectivity index (χ3v) is 6.10. The van der Waals surface area contributed by atoms with Crippen molar-refractivity contribution in [3.05, 3.63) is 59.1 Å². The molecule has 1 heterocycles. The van der Waals surface area contributed by atoms with Crippen molar-refractivity contribution in [1.29, 1.82) is 0 Å². The lowest BCUT2D eigenvalue weighted by molar-refractivity contribution is 0.579. The van der Waals surface area contributed by atoms with E-state index in [9.17, 15) is 8.42 Å². The Bertz CT molecular complexity index is 867. The quantitative estimate of drug-likeness (QED) is 0.695. The zero-order valence-electron chi connectivity index (χ0n) is 12.8. The largest absolute Gasteiger partial charge is 0.241 e. The zero-order valence-corrected chi connectivity index (χ0v) is 14.5. The number of para-hydroxylation sites is 1. The molecule has 1 aromatic heterocycles. The monoisotopic (exact) mass is 346 g/mol. The topological polar surface area (TPSA) is 59.1 Å². The molecule has 0 aliphatic heterocycles. The molecule has 3 aromatic rings. The van der Waals surface area contributed by atoms with Gasteiger partial charge in [-0.15, -0.1) is 11.3 Å². The van der Waals surface area contributed by atoms with Gasteiger partial charge in [-0.05, 0) is 37.6 Å². The Balaban J connectivity index is 1.55. The summed E-state index contributed by atoms with van der Waals surface area (Å²) in [7, 11) is -3.42. The summed E-state index contributed by atoms with van der Waals surface area (Å²) in [4.78, 5) is 4.86. The van der Waals surface area contributed by atoms with Crippen LogP contribution in [0.25, 0.3) is 10.2 Å². The smallest absolute Gasteiger partial charge is 0.240 e. The highest BCUT2D eigenvalue weighted by atomic mass is 32.2. The van der Waals surface area contributed by atoms with E-state index in [1.807, 2.05) is 25.1 Å². The average molecular weight is 346 g/mol. The van der Waals surface area contributed by atoms with E-state index in [4.69, 9.17) is 0 Å². The lowest BCUT2D eigenvalue weighted by atomic mass is 10.2. The van der Waals surface area contributed by atoms with Gasteiger partial charge >= 0.3 is 0 Å². The van der Waals surface area contributed by atoms with Crippen molar-refractivity contribution in [2.45, 2.75) is 24.7 Å². The van der Waals surface area contributed by atoms with E-state index in [2.05, 4.69) is 15.8 Å². The van der Waals surface area contributed by atoms with Crippen LogP contribution in [0.3, 0.4) is 0 Å². The second kappa shape index (κ2) is 6.78. The van der Waals surface area contributed by atoms with Gasteiger partial charge in [0.15, 0.2) is 0 Å². The number of nitrogens with one attached hydrogen (secondary N) is 1. The molecule has 0 saturated carbocycles. The summed E-state index contributed by atoms with van der Waals surface area (Å²) in [6.45, 7) is 2.34. The molecular weight excluding hydrogens is 328 g/mol. The van der Waals surface area contributed by atoms with Gasteiger partial charge in [-0.2, -0.15) is 0 Å². The molecule has 0 unspecified atom stereocenters. The Hall–Kier alpha value is -1.76. The van der Waals surface area contributed by atoms with E-state index in [1.165, 1.54) is 4.70 Å². The van der Waals surface area contributed by atoms with Crippen LogP contribution in [0.15, 0.2) is 53.4 Å². The van der Waals surface area contributed by atoms with Crippen molar-refractivity contribution >= 4 is 31.6 Å². The maximum atomic E-state index is 12.2. The summed E-state index contributed by atoms with van der Waals surface area (Å²) < 4.78 is 28.2. The highest BCUT2D eigenvalue weighted by molar-refractivity contribution is 7.89. The molecule has 0 atom stereocenters. The van der Waals surface area contributed by atoms with Crippen molar-refractivity contribution in [2.24, 2.45) is 0 Å². The first kappa shape index (κ1) is 16.1. The first-order valence-corrected chi connectivity index (χ1v) is 9.75. The number of fused-ring (bicyclic) bond motifs is 1. The minimum atomic E-state index is -3.42. The highest BCUT2D eigenvalue weighted by Crippen LogP contribution is 2.22. The molecule has 0 saturated heterocycles. The van der Waals surface area contributed by atoms with Gasteiger partial charge in [0, 0.05) is 13.0 Å². The highest BCUT2D eigenvalue weighted by Gasteiger charge is 2.12. The van der Waals surface area contributed by atoms with Crippen LogP contribution in [0, 0.1) is 6.92 Å². The summed E-state index contributed by atoms with van der Waals surface area (Å²) in [5.41, 5.74) is 2.05. The van der Waals surface area contributed by atoms with Crippen LogP contribution in [0.2, 0.25) is 0 Å². The fraction of sp³-hybridized carbons (Fsp3) is 0.235. The zero-order chi connectivity index (χ0) is 16.3. The number of thiazole rings is 1. The molecule has 120 valence electrons. The maximum absolute atomic E-state index is 12.2. The van der Waals surface area contributed by atoms with Gasteiger partial charge in [0.2, 0.25) is 10.0 Å². The summed E-state index contributed by atoms with van der Waals surface area (Å²) in [5.74, 6) is 0. The number of nitrogens with zero attached hydrogens (tertiary/aromatic N) is 1. The molecule has 1 N–H and O–H groups in total. The van der Waals surface area contributed by atoms with Crippen molar-refractivity contribution in [1.82, 2.24) is 9.71 Å². The molecule has 6 heteroatoms. The van der Waals surface area contributed by atoms with Gasteiger partial charge in [-0.25, -0.2) is 18.1 Å². The van der Waals surface area contributed by atoms with Gasteiger partial charge < -0.3 is 0 Å². The predicted molar refractivity (Wildman–Crippen MR) is 94.3 cm³/mol. The molecule has 0 aliphatic carbocycles. The normalized spacial score (nSPS) is 11.9. The summed E-state index contributed by atoms with van der Waals surface area (Å²) >= 11 is 1.66. The van der Waals surface area contributed by atoms with Crippen LogP contribution in [-0.4, -0.2) is 19.9 Å². The molecule has 0 amide bonds. The molecule has 2 aromatic carbocycles. The minimum absolute atomic E-state index is 0.308. The molecule has 23 heavy (non-hydrogen) atoms. The predicted octanol–water partition coefficient (Wildman–Crippen LogP) is 3.52. The average Bonchev–Trinajstić information content (AvgIpc) is 2.95. The maximum Gasteiger partial charge on any atom is 0.240 e. The number of rotatable bonds is 6. The fourth-order valence-electron chi connectivity index (χ4n) is 2.27. The number of hydrogen-bond donors (Lipinski definition) is 1. The molecule has 4 nitrogen and oxygen atoms in total. The van der Waals surface area contributed by atoms with Gasteiger partial charge in [0.05, 0.1) is 20.1 Å². The second-order valence-corrected chi connectivity index (χ2v) is 8.27. The Morgan fingerprint density at radius 3 is 2.57 bits per heavy atom. The van der Waals surface area contributed by atoms with E-state index in [1.54, 1.807) is 35.6 Å². The summed E-state index contributed by atoms with van der Waals surface area (Å²) in [5, 5.41) is 1.04. The molecule has 0 radical (unpaired) electrons. The van der Waals surface area contributed by atoms with E-state index in [0.717, 1.165) is 28.9 Å². The van der Waals surface area contributed by atoms with E-state index in [0.29, 0.717) is 11.4 Å². The van der Waals surface area contributed by atoms with Gasteiger partial charge in [0.25, 0.3) is 0 Å². The van der Waals surface area contributed by atoms with Crippen molar-refractivity contribution in [3.63, 3.8) is 0 Å². The van der Waals surface area contributed by atoms with Crippen molar-refractivity contribution in [2.75, 3.05) is 6.54 Å². The SMILES string of the molecule is Cc1ccc(S(=O)(=O)NCCCc2nc3ccccc3s2)cc1. The Morgan fingerprint density at radius 2 is 1.83 bits per heavy atom. The number of aryl methyl sites for hydroxylation is 2. The molecule has 0 aliphatic rings. The molecule has 0 spiro atoms. The van der Waals surface area contributed by atoms with Crippen LogP contribution in [0.5, 0.6) is 0 Å². The second-order valence-electron chi connectivity index (χ2n) is 5.39. The first-order valence-electron chi connectivity index (χ1n) is 7.45. The van der Waals surface area contributed by atoms with E-state index in [-0.39, 0.29) is 0 Å². The lowest BCUT2D eigenvalue weighted by Gasteiger charge is -2.06. The summed E-state index contributed by atoms with van der Waals surface area (Å²) in [6, 6.07) is 14.9. The third-order valence-electron chi connectivity index (χ3n) is 3.53. The molecule has 0 fully saturated rings. The number of hydrogen-bond acceptors (Lipinski definition) is 4.